The Morgan fingerprint density at radius 3 is 2.35 bits per heavy atom. The molecule has 102 valence electrons. The molecular formula is C18H17BrO. The Balaban J connectivity index is 1.65. The van der Waals surface area contributed by atoms with E-state index >= 15 is 0 Å². The molecule has 0 unspecified atom stereocenters. The van der Waals surface area contributed by atoms with Crippen molar-refractivity contribution in [1.29, 1.82) is 0 Å². The zero-order chi connectivity index (χ0) is 13.9. The van der Waals surface area contributed by atoms with Gasteiger partial charge in [-0.2, -0.15) is 0 Å². The van der Waals surface area contributed by atoms with Crippen LogP contribution in [-0.4, -0.2) is 5.78 Å². The second-order valence-corrected chi connectivity index (χ2v) is 6.39. The van der Waals surface area contributed by atoms with Crippen LogP contribution in [0.2, 0.25) is 0 Å². The summed E-state index contributed by atoms with van der Waals surface area (Å²) in [6, 6.07) is 14.5. The van der Waals surface area contributed by atoms with Crippen LogP contribution in [0.4, 0.5) is 0 Å². The minimum Gasteiger partial charge on any atom is -0.299 e. The zero-order valence-corrected chi connectivity index (χ0v) is 12.9. The smallest absolute Gasteiger partial charge is 0.141 e. The Morgan fingerprint density at radius 2 is 1.55 bits per heavy atom. The summed E-state index contributed by atoms with van der Waals surface area (Å²) in [4.78, 5) is 12.2. The highest BCUT2D eigenvalue weighted by molar-refractivity contribution is 9.10. The van der Waals surface area contributed by atoms with E-state index in [4.69, 9.17) is 0 Å². The van der Waals surface area contributed by atoms with Crippen molar-refractivity contribution in [3.63, 3.8) is 0 Å². The van der Waals surface area contributed by atoms with Crippen molar-refractivity contribution >= 4 is 21.7 Å². The molecule has 3 rings (SSSR count). The van der Waals surface area contributed by atoms with Gasteiger partial charge in [0.25, 0.3) is 0 Å². The molecule has 2 aromatic carbocycles. The second-order valence-electron chi connectivity index (χ2n) is 5.48. The summed E-state index contributed by atoms with van der Waals surface area (Å²) < 4.78 is 1.05. The molecule has 0 heterocycles. The van der Waals surface area contributed by atoms with Crippen LogP contribution in [0, 0.1) is 0 Å². The molecule has 0 radical (unpaired) electrons. The van der Waals surface area contributed by atoms with Gasteiger partial charge in [0.15, 0.2) is 0 Å². The molecule has 0 amide bonds. The van der Waals surface area contributed by atoms with E-state index in [1.807, 2.05) is 24.3 Å². The molecule has 20 heavy (non-hydrogen) atoms. The molecule has 0 spiro atoms. The lowest BCUT2D eigenvalue weighted by Crippen LogP contribution is -2.06. The summed E-state index contributed by atoms with van der Waals surface area (Å²) >= 11 is 3.41. The quantitative estimate of drug-likeness (QED) is 0.818. The van der Waals surface area contributed by atoms with Gasteiger partial charge in [-0.3, -0.25) is 4.79 Å². The minimum atomic E-state index is 0.283. The van der Waals surface area contributed by atoms with Gasteiger partial charge < -0.3 is 0 Å². The monoisotopic (exact) mass is 328 g/mol. The van der Waals surface area contributed by atoms with Crippen molar-refractivity contribution in [2.24, 2.45) is 0 Å². The largest absolute Gasteiger partial charge is 0.299 e. The molecule has 1 aliphatic rings. The van der Waals surface area contributed by atoms with Crippen LogP contribution in [0.25, 0.3) is 0 Å². The SMILES string of the molecule is O=C(Cc1ccc(Br)cc1)Cc1ccc2c(c1)CCC2. The lowest BCUT2D eigenvalue weighted by molar-refractivity contribution is -0.117. The maximum absolute atomic E-state index is 12.2. The van der Waals surface area contributed by atoms with Crippen LogP contribution in [-0.2, 0) is 30.5 Å². The number of aryl methyl sites for hydroxylation is 2. The summed E-state index contributed by atoms with van der Waals surface area (Å²) in [5.74, 6) is 0.283. The highest BCUT2D eigenvalue weighted by Gasteiger charge is 2.12. The molecule has 1 aliphatic carbocycles. The zero-order valence-electron chi connectivity index (χ0n) is 11.4. The summed E-state index contributed by atoms with van der Waals surface area (Å²) in [6.45, 7) is 0. The van der Waals surface area contributed by atoms with E-state index in [2.05, 4.69) is 34.1 Å². The summed E-state index contributed by atoms with van der Waals surface area (Å²) in [7, 11) is 0. The number of Topliss-reactive ketones (excluding diaryl/α,β-unsaturated/α-hetero) is 1. The fraction of sp³-hybridized carbons (Fsp3) is 0.278. The predicted molar refractivity (Wildman–Crippen MR) is 85.0 cm³/mol. The van der Waals surface area contributed by atoms with Gasteiger partial charge in [0.1, 0.15) is 5.78 Å². The van der Waals surface area contributed by atoms with Crippen molar-refractivity contribution in [3.8, 4) is 0 Å². The lowest BCUT2D eigenvalue weighted by atomic mass is 10.00. The first kappa shape index (κ1) is 13.6. The number of hydrogen-bond acceptors (Lipinski definition) is 1. The van der Waals surface area contributed by atoms with Gasteiger partial charge in [-0.25, -0.2) is 0 Å². The fourth-order valence-corrected chi connectivity index (χ4v) is 3.12. The summed E-state index contributed by atoms with van der Waals surface area (Å²) in [5, 5.41) is 0. The van der Waals surface area contributed by atoms with Crippen LogP contribution in [0.15, 0.2) is 46.9 Å². The predicted octanol–water partition coefficient (Wildman–Crippen LogP) is 4.29. The molecular weight excluding hydrogens is 312 g/mol. The molecule has 0 fully saturated rings. The normalized spacial score (nSPS) is 13.2. The van der Waals surface area contributed by atoms with Crippen LogP contribution in [0.1, 0.15) is 28.7 Å². The Kier molecular flexibility index (Phi) is 4.02. The molecule has 0 N–H and O–H groups in total. The third kappa shape index (κ3) is 3.18. The highest BCUT2D eigenvalue weighted by atomic mass is 79.9. The lowest BCUT2D eigenvalue weighted by Gasteiger charge is -2.05. The van der Waals surface area contributed by atoms with Gasteiger partial charge in [-0.05, 0) is 53.6 Å². The standard InChI is InChI=1S/C18H17BrO/c19-17-8-5-13(6-9-17)11-18(20)12-14-4-7-15-2-1-3-16(15)10-14/h4-10H,1-3,11-12H2. The molecule has 0 bridgehead atoms. The first-order valence-electron chi connectivity index (χ1n) is 7.07. The Bertz CT molecular complexity index is 628. The molecule has 0 saturated heterocycles. The summed E-state index contributed by atoms with van der Waals surface area (Å²) in [5.41, 5.74) is 5.15. The number of fused-ring (bicyclic) bond motifs is 1. The first-order valence-corrected chi connectivity index (χ1v) is 7.87. The topological polar surface area (TPSA) is 17.1 Å². The molecule has 2 heteroatoms. The fourth-order valence-electron chi connectivity index (χ4n) is 2.86. The minimum absolute atomic E-state index is 0.283. The number of benzene rings is 2. The van der Waals surface area contributed by atoms with Crippen LogP contribution < -0.4 is 0 Å². The highest BCUT2D eigenvalue weighted by Crippen LogP contribution is 2.23. The van der Waals surface area contributed by atoms with E-state index in [0.717, 1.165) is 15.6 Å². The number of hydrogen-bond donors (Lipinski definition) is 0. The Labute approximate surface area is 128 Å². The van der Waals surface area contributed by atoms with Crippen molar-refractivity contribution in [2.75, 3.05) is 0 Å². The van der Waals surface area contributed by atoms with Gasteiger partial charge in [-0.1, -0.05) is 46.3 Å². The van der Waals surface area contributed by atoms with Crippen LogP contribution >= 0.6 is 15.9 Å². The van der Waals surface area contributed by atoms with Gasteiger partial charge in [0.2, 0.25) is 0 Å². The average Bonchev–Trinajstić information content (AvgIpc) is 2.89. The van der Waals surface area contributed by atoms with Crippen molar-refractivity contribution in [1.82, 2.24) is 0 Å². The van der Waals surface area contributed by atoms with E-state index < -0.39 is 0 Å². The molecule has 0 atom stereocenters. The van der Waals surface area contributed by atoms with Crippen LogP contribution in [0.3, 0.4) is 0 Å². The third-order valence-corrected chi connectivity index (χ3v) is 4.41. The first-order chi connectivity index (χ1) is 9.70. The van der Waals surface area contributed by atoms with Gasteiger partial charge in [0, 0.05) is 17.3 Å². The van der Waals surface area contributed by atoms with E-state index in [-0.39, 0.29) is 5.78 Å². The maximum Gasteiger partial charge on any atom is 0.141 e. The molecule has 0 aliphatic heterocycles. The Morgan fingerprint density at radius 1 is 0.900 bits per heavy atom. The van der Waals surface area contributed by atoms with Gasteiger partial charge in [0.05, 0.1) is 0 Å². The number of carbonyl (C=O) groups is 1. The molecule has 1 nitrogen and oxygen atoms in total. The maximum atomic E-state index is 12.2. The van der Waals surface area contributed by atoms with Crippen molar-refractivity contribution < 1.29 is 4.79 Å². The molecule has 2 aromatic rings. The van der Waals surface area contributed by atoms with Crippen molar-refractivity contribution in [2.45, 2.75) is 32.1 Å². The number of halogens is 1. The van der Waals surface area contributed by atoms with Crippen molar-refractivity contribution in [3.05, 3.63) is 69.2 Å². The van der Waals surface area contributed by atoms with Crippen LogP contribution in [0.5, 0.6) is 0 Å². The average molecular weight is 329 g/mol. The Hall–Kier alpha value is -1.41. The number of ketones is 1. The molecule has 0 saturated carbocycles. The third-order valence-electron chi connectivity index (χ3n) is 3.88. The summed E-state index contributed by atoms with van der Waals surface area (Å²) in [6.07, 6.45) is 4.69. The van der Waals surface area contributed by atoms with E-state index in [1.165, 1.54) is 30.4 Å². The number of rotatable bonds is 4. The van der Waals surface area contributed by atoms with E-state index in [9.17, 15) is 4.79 Å². The number of carbonyl (C=O) groups excluding carboxylic acids is 1. The molecule has 0 aromatic heterocycles. The van der Waals surface area contributed by atoms with E-state index in [1.54, 1.807) is 0 Å². The van der Waals surface area contributed by atoms with Gasteiger partial charge >= 0.3 is 0 Å². The second kappa shape index (κ2) is 5.92. The van der Waals surface area contributed by atoms with Gasteiger partial charge in [-0.15, -0.1) is 0 Å². The van der Waals surface area contributed by atoms with E-state index in [0.29, 0.717) is 12.8 Å².